The third kappa shape index (κ3) is 2.75. The number of aliphatic hydroxyl groups excluding tert-OH is 1. The maximum absolute atomic E-state index is 13.6. The first kappa shape index (κ1) is 13.1. The summed E-state index contributed by atoms with van der Waals surface area (Å²) in [6, 6.07) is 8.94. The Hall–Kier alpha value is -1.29. The number of rotatable bonds is 3. The van der Waals surface area contributed by atoms with Crippen LogP contribution in [0.3, 0.4) is 0 Å². The molecule has 0 aliphatic heterocycles. The minimum atomic E-state index is -0.572. The van der Waals surface area contributed by atoms with Crippen LogP contribution in [-0.4, -0.2) is 5.11 Å². The third-order valence-electron chi connectivity index (χ3n) is 2.32. The molecular formula is C13H9Cl2FO2. The highest BCUT2D eigenvalue weighted by molar-refractivity contribution is 6.34. The van der Waals surface area contributed by atoms with Gasteiger partial charge in [-0.2, -0.15) is 0 Å². The van der Waals surface area contributed by atoms with Gasteiger partial charge in [0.25, 0.3) is 0 Å². The van der Waals surface area contributed by atoms with Crippen molar-refractivity contribution < 1.29 is 14.2 Å². The van der Waals surface area contributed by atoms with E-state index in [4.69, 9.17) is 33.0 Å². The minimum Gasteiger partial charge on any atom is -0.452 e. The van der Waals surface area contributed by atoms with Crippen LogP contribution in [0.2, 0.25) is 10.0 Å². The predicted octanol–water partition coefficient (Wildman–Crippen LogP) is 4.42. The SMILES string of the molecule is OCc1cccc(F)c1Oc1cc(Cl)ccc1Cl. The fourth-order valence-corrected chi connectivity index (χ4v) is 1.78. The molecule has 0 saturated heterocycles. The van der Waals surface area contributed by atoms with Crippen LogP contribution in [0.15, 0.2) is 36.4 Å². The van der Waals surface area contributed by atoms with Crippen LogP contribution in [0, 0.1) is 5.82 Å². The van der Waals surface area contributed by atoms with Gasteiger partial charge in [-0.25, -0.2) is 4.39 Å². The van der Waals surface area contributed by atoms with E-state index < -0.39 is 5.82 Å². The van der Waals surface area contributed by atoms with Crippen molar-refractivity contribution in [1.29, 1.82) is 0 Å². The maximum atomic E-state index is 13.6. The Kier molecular flexibility index (Phi) is 4.07. The number of benzene rings is 2. The number of hydrogen-bond acceptors (Lipinski definition) is 2. The van der Waals surface area contributed by atoms with Gasteiger partial charge in [-0.1, -0.05) is 35.3 Å². The Bertz CT molecular complexity index is 573. The van der Waals surface area contributed by atoms with Crippen molar-refractivity contribution in [2.24, 2.45) is 0 Å². The van der Waals surface area contributed by atoms with Crippen molar-refractivity contribution >= 4 is 23.2 Å². The standard InChI is InChI=1S/C13H9Cl2FO2/c14-9-4-5-10(15)12(6-9)18-13-8(7-17)2-1-3-11(13)16/h1-6,17H,7H2. The summed E-state index contributed by atoms with van der Waals surface area (Å²) >= 11 is 11.7. The van der Waals surface area contributed by atoms with Crippen LogP contribution >= 0.6 is 23.2 Å². The molecule has 94 valence electrons. The summed E-state index contributed by atoms with van der Waals surface area (Å²) in [4.78, 5) is 0. The van der Waals surface area contributed by atoms with Gasteiger partial charge >= 0.3 is 0 Å². The van der Waals surface area contributed by atoms with E-state index >= 15 is 0 Å². The quantitative estimate of drug-likeness (QED) is 0.905. The van der Waals surface area contributed by atoms with Crippen LogP contribution < -0.4 is 4.74 Å². The number of ether oxygens (including phenoxy) is 1. The molecule has 5 heteroatoms. The average molecular weight is 287 g/mol. The molecule has 18 heavy (non-hydrogen) atoms. The van der Waals surface area contributed by atoms with Gasteiger partial charge in [-0.3, -0.25) is 0 Å². The van der Waals surface area contributed by atoms with E-state index in [1.807, 2.05) is 0 Å². The lowest BCUT2D eigenvalue weighted by Crippen LogP contribution is -1.95. The van der Waals surface area contributed by atoms with Crippen LogP contribution in [-0.2, 0) is 6.61 Å². The lowest BCUT2D eigenvalue weighted by atomic mass is 10.2. The summed E-state index contributed by atoms with van der Waals surface area (Å²) in [5.74, 6) is -0.384. The fourth-order valence-electron chi connectivity index (χ4n) is 1.46. The van der Waals surface area contributed by atoms with Crippen molar-refractivity contribution in [3.05, 3.63) is 57.8 Å². The smallest absolute Gasteiger partial charge is 0.168 e. The van der Waals surface area contributed by atoms with Gasteiger partial charge in [0.2, 0.25) is 0 Å². The molecule has 0 radical (unpaired) electrons. The van der Waals surface area contributed by atoms with E-state index in [1.54, 1.807) is 18.2 Å². The van der Waals surface area contributed by atoms with Crippen LogP contribution in [0.25, 0.3) is 0 Å². The first-order valence-corrected chi connectivity index (χ1v) is 5.88. The fraction of sp³-hybridized carbons (Fsp3) is 0.0769. The van der Waals surface area contributed by atoms with Crippen LogP contribution in [0.4, 0.5) is 4.39 Å². The van der Waals surface area contributed by atoms with E-state index in [9.17, 15) is 4.39 Å². The third-order valence-corrected chi connectivity index (χ3v) is 2.87. The van der Waals surface area contributed by atoms with Gasteiger partial charge in [0.15, 0.2) is 11.6 Å². The van der Waals surface area contributed by atoms with Gasteiger partial charge in [0.05, 0.1) is 11.6 Å². The summed E-state index contributed by atoms with van der Waals surface area (Å²) in [6.45, 7) is -0.328. The van der Waals surface area contributed by atoms with Crippen LogP contribution in [0.1, 0.15) is 5.56 Å². The molecule has 0 bridgehead atoms. The summed E-state index contributed by atoms with van der Waals surface area (Å²) in [7, 11) is 0. The molecule has 0 heterocycles. The van der Waals surface area contributed by atoms with Gasteiger partial charge in [0, 0.05) is 16.7 Å². The molecule has 0 saturated carbocycles. The zero-order valence-electron chi connectivity index (χ0n) is 9.16. The monoisotopic (exact) mass is 286 g/mol. The molecule has 2 aromatic rings. The van der Waals surface area contributed by atoms with E-state index in [2.05, 4.69) is 0 Å². The normalized spacial score (nSPS) is 10.4. The molecule has 0 spiro atoms. The largest absolute Gasteiger partial charge is 0.452 e. The zero-order valence-corrected chi connectivity index (χ0v) is 10.7. The van der Waals surface area contributed by atoms with Crippen molar-refractivity contribution in [3.63, 3.8) is 0 Å². The molecule has 0 atom stereocenters. The van der Waals surface area contributed by atoms with Gasteiger partial charge in [0.1, 0.15) is 5.75 Å². The Balaban J connectivity index is 2.42. The Morgan fingerprint density at radius 3 is 2.67 bits per heavy atom. The Morgan fingerprint density at radius 2 is 1.94 bits per heavy atom. The molecule has 2 nitrogen and oxygen atoms in total. The molecule has 0 aliphatic carbocycles. The molecule has 1 N–H and O–H groups in total. The van der Waals surface area contributed by atoms with Crippen LogP contribution in [0.5, 0.6) is 11.5 Å². The maximum Gasteiger partial charge on any atom is 0.168 e. The van der Waals surface area contributed by atoms with Crippen molar-refractivity contribution in [3.8, 4) is 11.5 Å². The van der Waals surface area contributed by atoms with Crippen molar-refractivity contribution in [2.45, 2.75) is 6.61 Å². The number of para-hydroxylation sites is 1. The van der Waals surface area contributed by atoms with E-state index in [0.717, 1.165) is 0 Å². The highest BCUT2D eigenvalue weighted by Crippen LogP contribution is 2.34. The second-order valence-electron chi connectivity index (χ2n) is 3.56. The lowest BCUT2D eigenvalue weighted by Gasteiger charge is -2.12. The van der Waals surface area contributed by atoms with Gasteiger partial charge in [-0.05, 0) is 18.2 Å². The van der Waals surface area contributed by atoms with E-state index in [1.165, 1.54) is 18.2 Å². The molecule has 0 aromatic heterocycles. The van der Waals surface area contributed by atoms with E-state index in [-0.39, 0.29) is 18.1 Å². The zero-order chi connectivity index (χ0) is 13.1. The number of halogens is 3. The first-order chi connectivity index (χ1) is 8.61. The summed E-state index contributed by atoms with van der Waals surface area (Å²) < 4.78 is 19.0. The summed E-state index contributed by atoms with van der Waals surface area (Å²) in [5, 5.41) is 9.88. The molecule has 0 amide bonds. The Morgan fingerprint density at radius 1 is 1.17 bits per heavy atom. The molecular weight excluding hydrogens is 278 g/mol. The highest BCUT2D eigenvalue weighted by Gasteiger charge is 2.12. The highest BCUT2D eigenvalue weighted by atomic mass is 35.5. The number of aliphatic hydroxyl groups is 1. The first-order valence-electron chi connectivity index (χ1n) is 5.13. The Labute approximate surface area is 114 Å². The van der Waals surface area contributed by atoms with Gasteiger partial charge < -0.3 is 9.84 Å². The van der Waals surface area contributed by atoms with Gasteiger partial charge in [-0.15, -0.1) is 0 Å². The molecule has 2 aromatic carbocycles. The van der Waals surface area contributed by atoms with E-state index in [0.29, 0.717) is 15.6 Å². The molecule has 2 rings (SSSR count). The topological polar surface area (TPSA) is 29.5 Å². The molecule has 0 unspecified atom stereocenters. The second kappa shape index (κ2) is 5.57. The predicted molar refractivity (Wildman–Crippen MR) is 68.9 cm³/mol. The molecule has 0 aliphatic rings. The molecule has 0 fully saturated rings. The summed E-state index contributed by atoms with van der Waals surface area (Å²) in [6.07, 6.45) is 0. The lowest BCUT2D eigenvalue weighted by molar-refractivity contribution is 0.274. The summed E-state index contributed by atoms with van der Waals surface area (Å²) in [5.41, 5.74) is 0.339. The van der Waals surface area contributed by atoms with Crippen molar-refractivity contribution in [2.75, 3.05) is 0 Å². The minimum absolute atomic E-state index is 0.0517. The average Bonchev–Trinajstić information content (AvgIpc) is 2.36. The number of hydrogen-bond donors (Lipinski definition) is 1. The van der Waals surface area contributed by atoms with Crippen molar-refractivity contribution in [1.82, 2.24) is 0 Å². The second-order valence-corrected chi connectivity index (χ2v) is 4.41.